The first-order valence-corrected chi connectivity index (χ1v) is 7.38. The van der Waals surface area contributed by atoms with Gasteiger partial charge < -0.3 is 9.47 Å². The third kappa shape index (κ3) is 4.91. The second-order valence-electron chi connectivity index (χ2n) is 6.74. The van der Waals surface area contributed by atoms with E-state index in [0.717, 1.165) is 24.5 Å². The van der Waals surface area contributed by atoms with Crippen LogP contribution in [0.3, 0.4) is 0 Å². The van der Waals surface area contributed by atoms with Crippen LogP contribution in [-0.2, 0) is 9.47 Å². The number of nitrogens with one attached hydrogen (secondary N) is 1. The first kappa shape index (κ1) is 14.9. The lowest BCUT2D eigenvalue weighted by atomic mass is 10.0. The maximum atomic E-state index is 11.8. The van der Waals surface area contributed by atoms with Crippen LogP contribution in [0.1, 0.15) is 47.0 Å². The van der Waals surface area contributed by atoms with Crippen LogP contribution in [0.4, 0.5) is 4.79 Å². The maximum absolute atomic E-state index is 11.8. The fraction of sp³-hybridized carbons (Fsp3) is 0.688. The van der Waals surface area contributed by atoms with Crippen molar-refractivity contribution in [2.45, 2.75) is 52.6 Å². The largest absolute Gasteiger partial charge is 0.491 e. The Kier molecular flexibility index (Phi) is 4.41. The topological polar surface area (TPSA) is 47.6 Å². The van der Waals surface area contributed by atoms with Crippen molar-refractivity contribution in [3.63, 3.8) is 0 Å². The average molecular weight is 279 g/mol. The summed E-state index contributed by atoms with van der Waals surface area (Å²) in [7, 11) is 0. The van der Waals surface area contributed by atoms with Crippen LogP contribution in [0.15, 0.2) is 23.6 Å². The Hall–Kier alpha value is -1.45. The van der Waals surface area contributed by atoms with E-state index in [0.29, 0.717) is 11.8 Å². The van der Waals surface area contributed by atoms with Crippen LogP contribution in [0, 0.1) is 11.8 Å². The number of hydrogen-bond donors (Lipinski definition) is 1. The minimum Gasteiger partial charge on any atom is -0.491 e. The molecule has 112 valence electrons. The van der Waals surface area contributed by atoms with Crippen molar-refractivity contribution in [3.05, 3.63) is 23.6 Å². The Labute approximate surface area is 121 Å². The minimum atomic E-state index is -0.495. The van der Waals surface area contributed by atoms with Gasteiger partial charge in [-0.15, -0.1) is 0 Å². The maximum Gasteiger partial charge on any atom is 0.412 e. The second-order valence-corrected chi connectivity index (χ2v) is 6.74. The third-order valence-electron chi connectivity index (χ3n) is 3.20. The van der Waals surface area contributed by atoms with E-state index < -0.39 is 11.7 Å². The van der Waals surface area contributed by atoms with E-state index in [9.17, 15) is 4.79 Å². The molecule has 20 heavy (non-hydrogen) atoms. The molecule has 0 heterocycles. The molecule has 1 saturated carbocycles. The van der Waals surface area contributed by atoms with Gasteiger partial charge in [0.2, 0.25) is 0 Å². The lowest BCUT2D eigenvalue weighted by Gasteiger charge is -2.23. The van der Waals surface area contributed by atoms with E-state index in [1.165, 1.54) is 12.8 Å². The fourth-order valence-corrected chi connectivity index (χ4v) is 1.96. The molecule has 0 bridgehead atoms. The highest BCUT2D eigenvalue weighted by Gasteiger charge is 2.25. The van der Waals surface area contributed by atoms with Crippen molar-refractivity contribution in [2.75, 3.05) is 6.61 Å². The summed E-state index contributed by atoms with van der Waals surface area (Å²) in [4.78, 5) is 11.8. The van der Waals surface area contributed by atoms with Gasteiger partial charge in [-0.3, -0.25) is 5.32 Å². The van der Waals surface area contributed by atoms with Gasteiger partial charge in [-0.1, -0.05) is 13.0 Å². The summed E-state index contributed by atoms with van der Waals surface area (Å²) in [6.07, 6.45) is 7.06. The van der Waals surface area contributed by atoms with E-state index in [-0.39, 0.29) is 0 Å². The Morgan fingerprint density at radius 3 is 2.70 bits per heavy atom. The molecule has 2 rings (SSSR count). The van der Waals surface area contributed by atoms with Gasteiger partial charge >= 0.3 is 6.09 Å². The van der Waals surface area contributed by atoms with E-state index in [2.05, 4.69) is 18.3 Å². The fourth-order valence-electron chi connectivity index (χ4n) is 1.96. The molecule has 0 saturated heterocycles. The summed E-state index contributed by atoms with van der Waals surface area (Å²) in [5, 5.41) is 2.80. The molecule has 1 fully saturated rings. The van der Waals surface area contributed by atoms with Crippen LogP contribution in [0.2, 0.25) is 0 Å². The zero-order valence-electron chi connectivity index (χ0n) is 12.9. The van der Waals surface area contributed by atoms with Crippen molar-refractivity contribution in [2.24, 2.45) is 11.8 Å². The molecule has 2 aliphatic rings. The number of alkyl carbamates (subject to hydrolysis) is 1. The second kappa shape index (κ2) is 5.90. The number of carbonyl (C=O) groups is 1. The number of carbonyl (C=O) groups excluding carboxylic acids is 1. The Balaban J connectivity index is 1.93. The van der Waals surface area contributed by atoms with Gasteiger partial charge in [-0.25, -0.2) is 4.79 Å². The smallest absolute Gasteiger partial charge is 0.412 e. The first-order valence-electron chi connectivity index (χ1n) is 7.38. The van der Waals surface area contributed by atoms with Gasteiger partial charge in [0.25, 0.3) is 0 Å². The molecule has 0 aliphatic heterocycles. The molecular weight excluding hydrogens is 254 g/mol. The number of rotatable bonds is 4. The zero-order valence-corrected chi connectivity index (χ0v) is 12.9. The van der Waals surface area contributed by atoms with Gasteiger partial charge in [0.15, 0.2) is 0 Å². The third-order valence-corrected chi connectivity index (χ3v) is 3.20. The van der Waals surface area contributed by atoms with E-state index in [4.69, 9.17) is 9.47 Å². The van der Waals surface area contributed by atoms with Crippen molar-refractivity contribution >= 4 is 6.09 Å². The standard InChI is InChI=1S/C16H25NO3/c1-11-5-8-13(17-15(18)20-16(2,3)4)14(9-11)19-10-12-6-7-12/h8-9,11-12H,5-7,10H2,1-4H3,(H,17,18)/t11-/m1/s1. The van der Waals surface area contributed by atoms with Crippen LogP contribution >= 0.6 is 0 Å². The lowest BCUT2D eigenvalue weighted by molar-refractivity contribution is 0.0539. The van der Waals surface area contributed by atoms with Gasteiger partial charge in [-0.2, -0.15) is 0 Å². The normalized spacial score (nSPS) is 22.7. The molecule has 4 nitrogen and oxygen atoms in total. The molecule has 2 aliphatic carbocycles. The van der Waals surface area contributed by atoms with E-state index in [1.54, 1.807) is 0 Å². The van der Waals surface area contributed by atoms with Gasteiger partial charge in [0.05, 0.1) is 12.3 Å². The van der Waals surface area contributed by atoms with Crippen LogP contribution in [0.5, 0.6) is 0 Å². The number of allylic oxidation sites excluding steroid dienone is 2. The Morgan fingerprint density at radius 1 is 1.40 bits per heavy atom. The molecule has 1 N–H and O–H groups in total. The summed E-state index contributed by atoms with van der Waals surface area (Å²) >= 11 is 0. The molecular formula is C16H25NO3. The lowest BCUT2D eigenvalue weighted by Crippen LogP contribution is -2.33. The summed E-state index contributed by atoms with van der Waals surface area (Å²) < 4.78 is 11.1. The Bertz CT molecular complexity index is 427. The van der Waals surface area contributed by atoms with Gasteiger partial charge in [0.1, 0.15) is 11.4 Å². The van der Waals surface area contributed by atoms with Crippen LogP contribution in [-0.4, -0.2) is 18.3 Å². The zero-order chi connectivity index (χ0) is 14.8. The summed E-state index contributed by atoms with van der Waals surface area (Å²) in [5.74, 6) is 1.91. The van der Waals surface area contributed by atoms with Gasteiger partial charge in [0, 0.05) is 0 Å². The molecule has 0 radical (unpaired) electrons. The molecule has 0 aromatic carbocycles. The average Bonchev–Trinajstić information content (AvgIpc) is 3.11. The van der Waals surface area contributed by atoms with Crippen LogP contribution < -0.4 is 5.32 Å². The highest BCUT2D eigenvalue weighted by molar-refractivity contribution is 5.71. The predicted molar refractivity (Wildman–Crippen MR) is 78.0 cm³/mol. The molecule has 0 spiro atoms. The minimum absolute atomic E-state index is 0.431. The van der Waals surface area contributed by atoms with Crippen molar-refractivity contribution < 1.29 is 14.3 Å². The monoisotopic (exact) mass is 279 g/mol. The van der Waals surface area contributed by atoms with Gasteiger partial charge in [-0.05, 0) is 57.9 Å². The summed E-state index contributed by atoms with van der Waals surface area (Å²) in [5.41, 5.74) is 0.240. The highest BCUT2D eigenvalue weighted by atomic mass is 16.6. The highest BCUT2D eigenvalue weighted by Crippen LogP contribution is 2.31. The van der Waals surface area contributed by atoms with Crippen molar-refractivity contribution in [1.82, 2.24) is 5.32 Å². The van der Waals surface area contributed by atoms with E-state index in [1.807, 2.05) is 26.8 Å². The van der Waals surface area contributed by atoms with Crippen molar-refractivity contribution in [3.8, 4) is 0 Å². The molecule has 1 amide bonds. The van der Waals surface area contributed by atoms with Crippen molar-refractivity contribution in [1.29, 1.82) is 0 Å². The number of ether oxygens (including phenoxy) is 2. The Morgan fingerprint density at radius 2 is 2.10 bits per heavy atom. The van der Waals surface area contributed by atoms with E-state index >= 15 is 0 Å². The molecule has 0 aromatic rings. The SMILES string of the molecule is C[C@H]1C=C(OCC2CC2)C(NC(=O)OC(C)(C)C)=CC1. The quantitative estimate of drug-likeness (QED) is 0.852. The number of amides is 1. The van der Waals surface area contributed by atoms with Crippen LogP contribution in [0.25, 0.3) is 0 Å². The first-order chi connectivity index (χ1) is 9.33. The summed E-state index contributed by atoms with van der Waals surface area (Å²) in [6.45, 7) is 8.44. The molecule has 0 aromatic heterocycles. The molecule has 4 heteroatoms. The molecule has 1 atom stereocenters. The number of hydrogen-bond acceptors (Lipinski definition) is 3. The molecule has 0 unspecified atom stereocenters. The summed E-state index contributed by atoms with van der Waals surface area (Å²) in [6, 6.07) is 0. The predicted octanol–water partition coefficient (Wildman–Crippen LogP) is 3.75.